The number of hydrogen-bond acceptors (Lipinski definition) is 2. The highest BCUT2D eigenvalue weighted by atomic mass is 16.3. The number of nitrogens with one attached hydrogen (secondary N) is 1. The molecule has 102 valence electrons. The maximum atomic E-state index is 12.0. The molecular weight excluding hydrogens is 250 g/mol. The Bertz CT molecular complexity index is 664. The predicted molar refractivity (Wildman–Crippen MR) is 78.1 cm³/mol. The summed E-state index contributed by atoms with van der Waals surface area (Å²) in [6, 6.07) is 13.3. The second kappa shape index (κ2) is 5.00. The van der Waals surface area contributed by atoms with E-state index in [9.17, 15) is 9.90 Å². The largest absolute Gasteiger partial charge is 0.508 e. The molecule has 3 rings (SSSR count). The smallest absolute Gasteiger partial charge is 0.251 e. The summed E-state index contributed by atoms with van der Waals surface area (Å²) in [5, 5.41) is 12.6. The molecule has 0 saturated heterocycles. The first-order valence-electron chi connectivity index (χ1n) is 6.81. The molecule has 0 heterocycles. The first kappa shape index (κ1) is 12.7. The van der Waals surface area contributed by atoms with Crippen LogP contribution in [0.15, 0.2) is 42.5 Å². The quantitative estimate of drug-likeness (QED) is 0.898. The highest BCUT2D eigenvalue weighted by Gasteiger charge is 2.25. The normalized spacial score (nSPS) is 16.1. The van der Waals surface area contributed by atoms with Gasteiger partial charge in [-0.25, -0.2) is 0 Å². The Kier molecular flexibility index (Phi) is 3.18. The van der Waals surface area contributed by atoms with Gasteiger partial charge >= 0.3 is 0 Å². The Labute approximate surface area is 118 Å². The summed E-state index contributed by atoms with van der Waals surface area (Å²) in [6.07, 6.45) is 1.02. The second-order valence-electron chi connectivity index (χ2n) is 5.31. The van der Waals surface area contributed by atoms with Crippen LogP contribution in [-0.4, -0.2) is 17.6 Å². The van der Waals surface area contributed by atoms with E-state index in [1.165, 1.54) is 17.2 Å². The number of fused-ring (bicyclic) bond motifs is 1. The van der Waals surface area contributed by atoms with Crippen LogP contribution in [0.25, 0.3) is 0 Å². The number of phenolic OH excluding ortho intramolecular Hbond substituents is 1. The number of hydrogen-bond donors (Lipinski definition) is 2. The minimum absolute atomic E-state index is 0.135. The molecular formula is C17H17NO2. The van der Waals surface area contributed by atoms with Crippen LogP contribution < -0.4 is 5.32 Å². The lowest BCUT2D eigenvalue weighted by Crippen LogP contribution is -2.33. The molecule has 0 fully saturated rings. The zero-order valence-corrected chi connectivity index (χ0v) is 11.4. The van der Waals surface area contributed by atoms with Crippen LogP contribution in [0.1, 0.15) is 33.0 Å². The molecule has 1 atom stereocenters. The zero-order chi connectivity index (χ0) is 14.1. The van der Waals surface area contributed by atoms with Gasteiger partial charge in [0, 0.05) is 18.0 Å². The first-order chi connectivity index (χ1) is 9.65. The molecule has 3 heteroatoms. The Morgan fingerprint density at radius 3 is 2.85 bits per heavy atom. The highest BCUT2D eigenvalue weighted by Crippen LogP contribution is 2.34. The maximum absolute atomic E-state index is 12.0. The summed E-state index contributed by atoms with van der Waals surface area (Å²) in [6.45, 7) is 2.45. The third-order valence-electron chi connectivity index (χ3n) is 3.94. The molecule has 1 amide bonds. The molecule has 0 bridgehead atoms. The standard InChI is InChI=1S/C17H17NO2/c1-11-6-7-13(9-16(11)19)17(20)18-10-14-8-12-4-2-3-5-15(12)14/h2-7,9,14,19H,8,10H2,1H3,(H,18,20). The molecule has 3 nitrogen and oxygen atoms in total. The molecule has 2 N–H and O–H groups in total. The minimum atomic E-state index is -0.135. The van der Waals surface area contributed by atoms with E-state index in [1.807, 2.05) is 19.1 Å². The minimum Gasteiger partial charge on any atom is -0.508 e. The lowest BCUT2D eigenvalue weighted by Gasteiger charge is -2.30. The summed E-state index contributed by atoms with van der Waals surface area (Å²) in [4.78, 5) is 12.0. The molecule has 1 aliphatic carbocycles. The SMILES string of the molecule is Cc1ccc(C(=O)NCC2Cc3ccccc32)cc1O. The van der Waals surface area contributed by atoms with Crippen molar-refractivity contribution in [3.05, 3.63) is 64.7 Å². The van der Waals surface area contributed by atoms with Gasteiger partial charge < -0.3 is 10.4 Å². The number of carbonyl (C=O) groups excluding carboxylic acids is 1. The summed E-state index contributed by atoms with van der Waals surface area (Å²) < 4.78 is 0. The number of amides is 1. The summed E-state index contributed by atoms with van der Waals surface area (Å²) >= 11 is 0. The van der Waals surface area contributed by atoms with Crippen LogP contribution in [0.5, 0.6) is 5.75 Å². The van der Waals surface area contributed by atoms with Crippen molar-refractivity contribution in [2.24, 2.45) is 0 Å². The molecule has 0 aliphatic heterocycles. The van der Waals surface area contributed by atoms with Gasteiger partial charge in [-0.3, -0.25) is 4.79 Å². The third kappa shape index (κ3) is 2.27. The van der Waals surface area contributed by atoms with Gasteiger partial charge in [-0.1, -0.05) is 30.3 Å². The van der Waals surface area contributed by atoms with Gasteiger partial charge in [0.15, 0.2) is 0 Å². The topological polar surface area (TPSA) is 49.3 Å². The van der Waals surface area contributed by atoms with Crippen LogP contribution in [0.2, 0.25) is 0 Å². The molecule has 0 aromatic heterocycles. The molecule has 0 saturated carbocycles. The number of aryl methyl sites for hydroxylation is 1. The number of rotatable bonds is 3. The Morgan fingerprint density at radius 1 is 1.30 bits per heavy atom. The van der Waals surface area contributed by atoms with E-state index in [0.29, 0.717) is 18.0 Å². The van der Waals surface area contributed by atoms with Gasteiger partial charge in [0.2, 0.25) is 0 Å². The number of carbonyl (C=O) groups is 1. The van der Waals surface area contributed by atoms with Gasteiger partial charge in [0.25, 0.3) is 5.91 Å². The lowest BCUT2D eigenvalue weighted by molar-refractivity contribution is 0.0949. The van der Waals surface area contributed by atoms with Crippen molar-refractivity contribution in [2.45, 2.75) is 19.3 Å². The molecule has 2 aromatic carbocycles. The molecule has 1 aliphatic rings. The van der Waals surface area contributed by atoms with E-state index in [2.05, 4.69) is 17.4 Å². The third-order valence-corrected chi connectivity index (χ3v) is 3.94. The number of benzene rings is 2. The van der Waals surface area contributed by atoms with Gasteiger partial charge in [-0.05, 0) is 42.2 Å². The van der Waals surface area contributed by atoms with E-state index < -0.39 is 0 Å². The summed E-state index contributed by atoms with van der Waals surface area (Å²) in [5.41, 5.74) is 3.98. The van der Waals surface area contributed by atoms with Crippen LogP contribution in [0, 0.1) is 6.92 Å². The predicted octanol–water partition coefficient (Wildman–Crippen LogP) is 2.77. The van der Waals surface area contributed by atoms with Crippen molar-refractivity contribution in [3.63, 3.8) is 0 Å². The van der Waals surface area contributed by atoms with E-state index in [-0.39, 0.29) is 11.7 Å². The first-order valence-corrected chi connectivity index (χ1v) is 6.81. The fraction of sp³-hybridized carbons (Fsp3) is 0.235. The zero-order valence-electron chi connectivity index (χ0n) is 11.4. The lowest BCUT2D eigenvalue weighted by atomic mass is 9.77. The van der Waals surface area contributed by atoms with Crippen LogP contribution in [0.3, 0.4) is 0 Å². The fourth-order valence-electron chi connectivity index (χ4n) is 2.61. The fourth-order valence-corrected chi connectivity index (χ4v) is 2.61. The Morgan fingerprint density at radius 2 is 2.10 bits per heavy atom. The van der Waals surface area contributed by atoms with E-state index in [1.54, 1.807) is 12.1 Å². The van der Waals surface area contributed by atoms with Gasteiger partial charge in [-0.15, -0.1) is 0 Å². The average Bonchev–Trinajstić information content (AvgIpc) is 2.42. The van der Waals surface area contributed by atoms with Crippen LogP contribution in [0.4, 0.5) is 0 Å². The van der Waals surface area contributed by atoms with Crippen LogP contribution >= 0.6 is 0 Å². The molecule has 2 aromatic rings. The molecule has 1 unspecified atom stereocenters. The van der Waals surface area contributed by atoms with Crippen molar-refractivity contribution in [3.8, 4) is 5.75 Å². The van der Waals surface area contributed by atoms with E-state index in [0.717, 1.165) is 12.0 Å². The highest BCUT2D eigenvalue weighted by molar-refractivity contribution is 5.94. The Balaban J connectivity index is 1.62. The van der Waals surface area contributed by atoms with Gasteiger partial charge in [0.05, 0.1) is 0 Å². The summed E-state index contributed by atoms with van der Waals surface area (Å²) in [5.74, 6) is 0.436. The molecule has 0 spiro atoms. The van der Waals surface area contributed by atoms with Crippen molar-refractivity contribution in [2.75, 3.05) is 6.54 Å². The van der Waals surface area contributed by atoms with Crippen molar-refractivity contribution < 1.29 is 9.90 Å². The molecule has 0 radical (unpaired) electrons. The van der Waals surface area contributed by atoms with Crippen molar-refractivity contribution >= 4 is 5.91 Å². The second-order valence-corrected chi connectivity index (χ2v) is 5.31. The monoisotopic (exact) mass is 267 g/mol. The van der Waals surface area contributed by atoms with Crippen molar-refractivity contribution in [1.29, 1.82) is 0 Å². The molecule has 20 heavy (non-hydrogen) atoms. The van der Waals surface area contributed by atoms with E-state index in [4.69, 9.17) is 0 Å². The Hall–Kier alpha value is -2.29. The van der Waals surface area contributed by atoms with Crippen LogP contribution in [-0.2, 0) is 6.42 Å². The summed E-state index contributed by atoms with van der Waals surface area (Å²) in [7, 11) is 0. The number of aromatic hydroxyl groups is 1. The maximum Gasteiger partial charge on any atom is 0.251 e. The van der Waals surface area contributed by atoms with E-state index >= 15 is 0 Å². The number of phenols is 1. The average molecular weight is 267 g/mol. The van der Waals surface area contributed by atoms with Crippen molar-refractivity contribution in [1.82, 2.24) is 5.32 Å². The van der Waals surface area contributed by atoms with Gasteiger partial charge in [0.1, 0.15) is 5.75 Å². The van der Waals surface area contributed by atoms with Gasteiger partial charge in [-0.2, -0.15) is 0 Å².